The lowest BCUT2D eigenvalue weighted by Crippen LogP contribution is -2.41. The summed E-state index contributed by atoms with van der Waals surface area (Å²) in [6, 6.07) is 5.76. The number of imidazole rings is 1. The van der Waals surface area contributed by atoms with Gasteiger partial charge in [-0.1, -0.05) is 39.3 Å². The Morgan fingerprint density at radius 1 is 1.11 bits per heavy atom. The fourth-order valence-corrected chi connectivity index (χ4v) is 3.75. The summed E-state index contributed by atoms with van der Waals surface area (Å²) in [6.07, 6.45) is 0.847. The van der Waals surface area contributed by atoms with Crippen molar-refractivity contribution < 1.29 is 23.6 Å². The van der Waals surface area contributed by atoms with Crippen LogP contribution >= 0.6 is 11.6 Å². The molecule has 1 amide bonds. The van der Waals surface area contributed by atoms with Crippen LogP contribution in [0.25, 0.3) is 11.0 Å². The normalized spacial score (nSPS) is 10.1. The molecule has 0 saturated heterocycles. The van der Waals surface area contributed by atoms with Crippen LogP contribution in [0.1, 0.15) is 63.8 Å². The predicted octanol–water partition coefficient (Wildman–Crippen LogP) is 3.50. The molecule has 12 heteroatoms. The van der Waals surface area contributed by atoms with E-state index in [4.69, 9.17) is 32.5 Å². The number of benzene rings is 1. The molecule has 3 aromatic rings. The number of nitrogens with one attached hydrogen (secondary N) is 1. The highest BCUT2D eigenvalue weighted by Gasteiger charge is 2.26. The SMILES string of the molecule is CC.CC.CCn1c(CNC(=O)c2nc(Cl)c(N)nc2N)[n+](CCCC(=O)OC)c2ccc(OC)cc21. The van der Waals surface area contributed by atoms with Crippen molar-refractivity contribution >= 4 is 46.1 Å². The van der Waals surface area contributed by atoms with Gasteiger partial charge in [0.2, 0.25) is 0 Å². The molecule has 1 aromatic carbocycles. The topological polar surface area (TPSA) is 151 Å². The average Bonchev–Trinajstić information content (AvgIpc) is 3.22. The minimum Gasteiger partial charge on any atom is -0.497 e. The summed E-state index contributed by atoms with van der Waals surface area (Å²) in [5.74, 6) is 0.572. The van der Waals surface area contributed by atoms with Crippen molar-refractivity contribution in [2.75, 3.05) is 25.7 Å². The molecule has 5 N–H and O–H groups in total. The lowest BCUT2D eigenvalue weighted by molar-refractivity contribution is -0.680. The van der Waals surface area contributed by atoms with Crippen LogP contribution in [0.5, 0.6) is 5.75 Å². The highest BCUT2D eigenvalue weighted by Crippen LogP contribution is 2.22. The molecule has 0 bridgehead atoms. The molecule has 2 aromatic heterocycles. The number of anilines is 2. The lowest BCUT2D eigenvalue weighted by atomic mass is 10.2. The Labute approximate surface area is 223 Å². The zero-order chi connectivity index (χ0) is 28.1. The number of nitrogen functional groups attached to an aromatic ring is 2. The minimum atomic E-state index is -0.534. The highest BCUT2D eigenvalue weighted by molar-refractivity contribution is 6.31. The second-order valence-corrected chi connectivity index (χ2v) is 7.52. The Bertz CT molecular complexity index is 1200. The molecule has 0 fully saturated rings. The maximum Gasteiger partial charge on any atom is 0.305 e. The number of rotatable bonds is 9. The maximum absolute atomic E-state index is 12.8. The number of fused-ring (bicyclic) bond motifs is 1. The summed E-state index contributed by atoms with van der Waals surface area (Å²) < 4.78 is 14.3. The van der Waals surface area contributed by atoms with E-state index in [0.29, 0.717) is 25.3 Å². The quantitative estimate of drug-likeness (QED) is 0.277. The molecule has 3 rings (SSSR count). The van der Waals surface area contributed by atoms with E-state index in [2.05, 4.69) is 24.4 Å². The van der Waals surface area contributed by atoms with E-state index in [1.54, 1.807) is 7.11 Å². The fourth-order valence-electron chi connectivity index (χ4n) is 3.63. The number of nitrogens with two attached hydrogens (primary N) is 2. The largest absolute Gasteiger partial charge is 0.497 e. The first-order valence-corrected chi connectivity index (χ1v) is 12.7. The number of amides is 1. The molecular formula is C25H39ClN7O4+. The van der Waals surface area contributed by atoms with E-state index in [9.17, 15) is 9.59 Å². The van der Waals surface area contributed by atoms with Gasteiger partial charge >= 0.3 is 5.97 Å². The van der Waals surface area contributed by atoms with Crippen LogP contribution in [0, 0.1) is 0 Å². The standard InChI is InChI=1S/C21H26ClN7O4.2C2H6/c1-4-28-14-10-12(32-2)7-8-13(14)29(9-5-6-16(30)33-3)15(28)11-25-21(31)17-19(23)27-20(24)18(22)26-17;2*1-2/h7-8,10H,4-6,9,11H2,1-3H3,(H4-,23,24,25,27,31);2*1-2H3/p+1. The number of aromatic nitrogens is 4. The van der Waals surface area contributed by atoms with Gasteiger partial charge in [0.05, 0.1) is 27.3 Å². The molecular weight excluding hydrogens is 498 g/mol. The summed E-state index contributed by atoms with van der Waals surface area (Å²) in [7, 11) is 2.97. The highest BCUT2D eigenvalue weighted by atomic mass is 35.5. The first-order chi connectivity index (χ1) is 17.8. The van der Waals surface area contributed by atoms with Crippen LogP contribution in [0.4, 0.5) is 11.6 Å². The van der Waals surface area contributed by atoms with Gasteiger partial charge in [-0.2, -0.15) is 0 Å². The Balaban J connectivity index is 0.00000163. The summed E-state index contributed by atoms with van der Waals surface area (Å²) >= 11 is 5.90. The van der Waals surface area contributed by atoms with Crippen LogP contribution in [0.3, 0.4) is 0 Å². The van der Waals surface area contributed by atoms with Crippen molar-refractivity contribution in [2.45, 2.75) is 67.1 Å². The van der Waals surface area contributed by atoms with Crippen molar-refractivity contribution in [3.8, 4) is 5.75 Å². The van der Waals surface area contributed by atoms with E-state index < -0.39 is 5.91 Å². The molecule has 37 heavy (non-hydrogen) atoms. The minimum absolute atomic E-state index is 0.0470. The van der Waals surface area contributed by atoms with Gasteiger partial charge in [0.15, 0.2) is 33.5 Å². The number of hydrogen-bond acceptors (Lipinski definition) is 8. The third kappa shape index (κ3) is 7.69. The van der Waals surface area contributed by atoms with E-state index in [1.165, 1.54) is 7.11 Å². The van der Waals surface area contributed by atoms with Crippen LogP contribution in [0.15, 0.2) is 18.2 Å². The van der Waals surface area contributed by atoms with Crippen LogP contribution < -0.4 is 26.1 Å². The van der Waals surface area contributed by atoms with Gasteiger partial charge in [-0.15, -0.1) is 0 Å². The molecule has 11 nitrogen and oxygen atoms in total. The molecule has 0 atom stereocenters. The zero-order valence-electron chi connectivity index (χ0n) is 22.7. The van der Waals surface area contributed by atoms with Crippen molar-refractivity contribution in [3.05, 3.63) is 34.9 Å². The maximum atomic E-state index is 12.8. The average molecular weight is 537 g/mol. The number of hydrogen-bond donors (Lipinski definition) is 3. The molecule has 0 radical (unpaired) electrons. The van der Waals surface area contributed by atoms with Crippen molar-refractivity contribution in [3.63, 3.8) is 0 Å². The second-order valence-electron chi connectivity index (χ2n) is 7.16. The molecule has 204 valence electrons. The summed E-state index contributed by atoms with van der Waals surface area (Å²) in [5, 5.41) is 2.74. The van der Waals surface area contributed by atoms with E-state index in [-0.39, 0.29) is 41.4 Å². The van der Waals surface area contributed by atoms with Gasteiger partial charge in [0, 0.05) is 12.5 Å². The Hall–Kier alpha value is -3.60. The van der Waals surface area contributed by atoms with Crippen LogP contribution in [0.2, 0.25) is 5.15 Å². The monoisotopic (exact) mass is 536 g/mol. The number of carbonyl (C=O) groups excluding carboxylic acids is 2. The predicted molar refractivity (Wildman–Crippen MR) is 145 cm³/mol. The smallest absolute Gasteiger partial charge is 0.305 e. The van der Waals surface area contributed by atoms with Crippen LogP contribution in [-0.4, -0.2) is 40.6 Å². The van der Waals surface area contributed by atoms with Gasteiger partial charge in [0.25, 0.3) is 11.7 Å². The van der Waals surface area contributed by atoms with Gasteiger partial charge < -0.3 is 26.3 Å². The molecule has 0 aliphatic carbocycles. The van der Waals surface area contributed by atoms with Gasteiger partial charge in [-0.05, 0) is 25.5 Å². The number of nitrogens with zero attached hydrogens (tertiary/aromatic N) is 4. The van der Waals surface area contributed by atoms with Gasteiger partial charge in [-0.3, -0.25) is 9.59 Å². The zero-order valence-corrected chi connectivity index (χ0v) is 23.5. The number of ether oxygens (including phenoxy) is 2. The van der Waals surface area contributed by atoms with Gasteiger partial charge in [-0.25, -0.2) is 19.1 Å². The molecule has 0 aliphatic heterocycles. The molecule has 0 saturated carbocycles. The number of methoxy groups -OCH3 is 2. The number of aryl methyl sites for hydroxylation is 2. The van der Waals surface area contributed by atoms with E-state index in [1.807, 2.05) is 52.8 Å². The molecule has 0 spiro atoms. The Kier molecular flexibility index (Phi) is 13.2. The first-order valence-electron chi connectivity index (χ1n) is 12.3. The Morgan fingerprint density at radius 3 is 2.38 bits per heavy atom. The second kappa shape index (κ2) is 15.5. The van der Waals surface area contributed by atoms with Crippen LogP contribution in [-0.2, 0) is 29.2 Å². The first kappa shape index (κ1) is 31.4. The van der Waals surface area contributed by atoms with E-state index in [0.717, 1.165) is 16.9 Å². The fraction of sp³-hybridized carbons (Fsp3) is 0.480. The summed E-state index contributed by atoms with van der Waals surface area (Å²) in [4.78, 5) is 32.2. The molecule has 2 heterocycles. The summed E-state index contributed by atoms with van der Waals surface area (Å²) in [5.41, 5.74) is 13.2. The lowest BCUT2D eigenvalue weighted by Gasteiger charge is -2.08. The van der Waals surface area contributed by atoms with Crippen molar-refractivity contribution in [1.82, 2.24) is 19.9 Å². The number of esters is 1. The van der Waals surface area contributed by atoms with Gasteiger partial charge in [0.1, 0.15) is 12.3 Å². The van der Waals surface area contributed by atoms with E-state index >= 15 is 0 Å². The van der Waals surface area contributed by atoms with Crippen molar-refractivity contribution in [2.24, 2.45) is 0 Å². The molecule has 0 aliphatic rings. The van der Waals surface area contributed by atoms with Crippen molar-refractivity contribution in [1.29, 1.82) is 0 Å². The third-order valence-electron chi connectivity index (χ3n) is 5.22. The molecule has 0 unspecified atom stereocenters. The number of halogens is 1. The third-order valence-corrected chi connectivity index (χ3v) is 5.50. The number of carbonyl (C=O) groups is 2. The Morgan fingerprint density at radius 2 is 1.78 bits per heavy atom. The summed E-state index contributed by atoms with van der Waals surface area (Å²) in [6.45, 7) is 11.4.